The van der Waals surface area contributed by atoms with Gasteiger partial charge >= 0.3 is 5.97 Å². The predicted molar refractivity (Wildman–Crippen MR) is 92.1 cm³/mol. The van der Waals surface area contributed by atoms with Gasteiger partial charge in [0, 0.05) is 37.2 Å². The quantitative estimate of drug-likeness (QED) is 0.644. The Bertz CT molecular complexity index is 566. The zero-order valence-electron chi connectivity index (χ0n) is 14.4. The van der Waals surface area contributed by atoms with E-state index in [0.29, 0.717) is 37.2 Å². The number of carbonyl (C=O) groups is 3. The molecule has 2 amide bonds. The van der Waals surface area contributed by atoms with Crippen LogP contribution in [-0.2, 0) is 4.79 Å². The van der Waals surface area contributed by atoms with E-state index >= 15 is 0 Å². The molecule has 0 bridgehead atoms. The van der Waals surface area contributed by atoms with Crippen molar-refractivity contribution < 1.29 is 19.5 Å². The Hall–Kier alpha value is -2.37. The van der Waals surface area contributed by atoms with E-state index in [1.807, 2.05) is 13.8 Å². The molecule has 24 heavy (non-hydrogen) atoms. The van der Waals surface area contributed by atoms with Crippen LogP contribution in [0.15, 0.2) is 24.3 Å². The van der Waals surface area contributed by atoms with Gasteiger partial charge in [-0.25, -0.2) is 0 Å². The summed E-state index contributed by atoms with van der Waals surface area (Å²) in [7, 11) is 0. The van der Waals surface area contributed by atoms with Crippen molar-refractivity contribution in [3.05, 3.63) is 35.4 Å². The van der Waals surface area contributed by atoms with Gasteiger partial charge in [-0.15, -0.1) is 0 Å². The standard InChI is InChI=1S/C18H26N2O4/c1-3-11-20(12-4-2)18(24)15-8-5-7-14(13-15)17(23)19-10-6-9-16(21)22/h5,7-8,13H,3-4,6,9-12H2,1-2H3,(H,19,23)(H,21,22). The van der Waals surface area contributed by atoms with E-state index < -0.39 is 5.97 Å². The summed E-state index contributed by atoms with van der Waals surface area (Å²) in [6.07, 6.45) is 2.16. The first kappa shape index (κ1) is 19.7. The average molecular weight is 334 g/mol. The second kappa shape index (κ2) is 10.4. The molecule has 0 aliphatic carbocycles. The van der Waals surface area contributed by atoms with Crippen LogP contribution in [0.2, 0.25) is 0 Å². The van der Waals surface area contributed by atoms with Gasteiger partial charge in [0.25, 0.3) is 11.8 Å². The summed E-state index contributed by atoms with van der Waals surface area (Å²) in [5.41, 5.74) is 0.902. The van der Waals surface area contributed by atoms with Crippen molar-refractivity contribution >= 4 is 17.8 Å². The van der Waals surface area contributed by atoms with Crippen LogP contribution in [0.5, 0.6) is 0 Å². The number of benzene rings is 1. The molecule has 1 aromatic rings. The summed E-state index contributed by atoms with van der Waals surface area (Å²) in [5, 5.41) is 11.3. The molecule has 0 spiro atoms. The first-order valence-electron chi connectivity index (χ1n) is 8.38. The second-order valence-electron chi connectivity index (χ2n) is 5.63. The zero-order valence-corrected chi connectivity index (χ0v) is 14.4. The van der Waals surface area contributed by atoms with Gasteiger partial charge in [-0.3, -0.25) is 14.4 Å². The molecule has 0 aromatic heterocycles. The van der Waals surface area contributed by atoms with Crippen molar-refractivity contribution in [1.29, 1.82) is 0 Å². The third kappa shape index (κ3) is 6.40. The van der Waals surface area contributed by atoms with Crippen molar-refractivity contribution in [1.82, 2.24) is 10.2 Å². The van der Waals surface area contributed by atoms with E-state index in [4.69, 9.17) is 5.11 Å². The smallest absolute Gasteiger partial charge is 0.303 e. The molecule has 0 fully saturated rings. The number of nitrogens with one attached hydrogen (secondary N) is 1. The Morgan fingerprint density at radius 1 is 1.08 bits per heavy atom. The number of amides is 2. The summed E-state index contributed by atoms with van der Waals surface area (Å²) in [6, 6.07) is 6.64. The van der Waals surface area contributed by atoms with Crippen LogP contribution in [0.4, 0.5) is 0 Å². The topological polar surface area (TPSA) is 86.7 Å². The SMILES string of the molecule is CCCN(CCC)C(=O)c1cccc(C(=O)NCCCC(=O)O)c1. The molecule has 1 rings (SSSR count). The number of carbonyl (C=O) groups excluding carboxylic acids is 2. The largest absolute Gasteiger partial charge is 0.481 e. The Morgan fingerprint density at radius 2 is 1.71 bits per heavy atom. The van der Waals surface area contributed by atoms with Gasteiger partial charge in [0.15, 0.2) is 0 Å². The Morgan fingerprint density at radius 3 is 2.29 bits per heavy atom. The lowest BCUT2D eigenvalue weighted by atomic mass is 10.1. The van der Waals surface area contributed by atoms with Crippen LogP contribution < -0.4 is 5.32 Å². The van der Waals surface area contributed by atoms with E-state index in [0.717, 1.165) is 12.8 Å². The minimum atomic E-state index is -0.885. The number of aliphatic carboxylic acids is 1. The van der Waals surface area contributed by atoms with Crippen molar-refractivity contribution in [3.63, 3.8) is 0 Å². The minimum absolute atomic E-state index is 0.0157. The fourth-order valence-electron chi connectivity index (χ4n) is 2.37. The summed E-state index contributed by atoms with van der Waals surface area (Å²) in [6.45, 7) is 5.73. The molecule has 0 unspecified atom stereocenters. The number of rotatable bonds is 10. The maximum Gasteiger partial charge on any atom is 0.303 e. The summed E-state index contributed by atoms with van der Waals surface area (Å²) in [4.78, 5) is 36.9. The summed E-state index contributed by atoms with van der Waals surface area (Å²) < 4.78 is 0. The highest BCUT2D eigenvalue weighted by molar-refractivity contribution is 5.99. The molecule has 0 radical (unpaired) electrons. The number of carboxylic acids is 1. The molecule has 132 valence electrons. The van der Waals surface area contributed by atoms with Crippen molar-refractivity contribution in [2.24, 2.45) is 0 Å². The van der Waals surface area contributed by atoms with Crippen molar-refractivity contribution in [2.45, 2.75) is 39.5 Å². The van der Waals surface area contributed by atoms with Crippen LogP contribution in [0, 0.1) is 0 Å². The predicted octanol–water partition coefficient (Wildman–Crippen LogP) is 2.54. The minimum Gasteiger partial charge on any atom is -0.481 e. The zero-order chi connectivity index (χ0) is 17.9. The van der Waals surface area contributed by atoms with Crippen LogP contribution in [0.3, 0.4) is 0 Å². The lowest BCUT2D eigenvalue weighted by Crippen LogP contribution is -2.32. The Kier molecular flexibility index (Phi) is 8.54. The van der Waals surface area contributed by atoms with E-state index in [2.05, 4.69) is 5.32 Å². The molecule has 6 nitrogen and oxygen atoms in total. The van der Waals surface area contributed by atoms with Gasteiger partial charge in [-0.1, -0.05) is 19.9 Å². The molecule has 0 aliphatic rings. The first-order chi connectivity index (χ1) is 11.5. The number of hydrogen-bond donors (Lipinski definition) is 2. The van der Waals surface area contributed by atoms with Gasteiger partial charge in [-0.2, -0.15) is 0 Å². The molecule has 0 saturated carbocycles. The number of nitrogens with zero attached hydrogens (tertiary/aromatic N) is 1. The lowest BCUT2D eigenvalue weighted by molar-refractivity contribution is -0.137. The van der Waals surface area contributed by atoms with Crippen LogP contribution in [0.25, 0.3) is 0 Å². The van der Waals surface area contributed by atoms with Crippen molar-refractivity contribution in [2.75, 3.05) is 19.6 Å². The molecule has 0 saturated heterocycles. The fourth-order valence-corrected chi connectivity index (χ4v) is 2.37. The van der Waals surface area contributed by atoms with Gasteiger partial charge in [0.2, 0.25) is 0 Å². The van der Waals surface area contributed by atoms with E-state index in [1.165, 1.54) is 0 Å². The lowest BCUT2D eigenvalue weighted by Gasteiger charge is -2.21. The second-order valence-corrected chi connectivity index (χ2v) is 5.63. The Balaban J connectivity index is 2.72. The maximum absolute atomic E-state index is 12.6. The molecule has 6 heteroatoms. The summed E-state index contributed by atoms with van der Waals surface area (Å²) >= 11 is 0. The van der Waals surface area contributed by atoms with E-state index in [1.54, 1.807) is 29.2 Å². The normalized spacial score (nSPS) is 10.2. The fraction of sp³-hybridized carbons (Fsp3) is 0.500. The Labute approximate surface area is 142 Å². The van der Waals surface area contributed by atoms with Gasteiger partial charge < -0.3 is 15.3 Å². The van der Waals surface area contributed by atoms with Crippen LogP contribution in [-0.4, -0.2) is 47.4 Å². The monoisotopic (exact) mass is 334 g/mol. The molecule has 0 heterocycles. The molecule has 0 atom stereocenters. The third-order valence-electron chi connectivity index (χ3n) is 3.50. The molecular formula is C18H26N2O4. The highest BCUT2D eigenvalue weighted by Crippen LogP contribution is 2.10. The van der Waals surface area contributed by atoms with Gasteiger partial charge in [-0.05, 0) is 37.5 Å². The van der Waals surface area contributed by atoms with Crippen molar-refractivity contribution in [3.8, 4) is 0 Å². The first-order valence-corrected chi connectivity index (χ1v) is 8.38. The molecule has 1 aromatic carbocycles. The van der Waals surface area contributed by atoms with E-state index in [-0.39, 0.29) is 18.2 Å². The average Bonchev–Trinajstić information content (AvgIpc) is 2.57. The number of carboxylic acid groups (broad SMARTS) is 1. The molecule has 2 N–H and O–H groups in total. The van der Waals surface area contributed by atoms with Gasteiger partial charge in [0.1, 0.15) is 0 Å². The van der Waals surface area contributed by atoms with Crippen LogP contribution >= 0.6 is 0 Å². The van der Waals surface area contributed by atoms with Gasteiger partial charge in [0.05, 0.1) is 0 Å². The number of hydrogen-bond acceptors (Lipinski definition) is 3. The highest BCUT2D eigenvalue weighted by atomic mass is 16.4. The van der Waals surface area contributed by atoms with Crippen LogP contribution in [0.1, 0.15) is 60.2 Å². The molecule has 0 aliphatic heterocycles. The maximum atomic E-state index is 12.6. The van der Waals surface area contributed by atoms with E-state index in [9.17, 15) is 14.4 Å². The third-order valence-corrected chi connectivity index (χ3v) is 3.50. The molecular weight excluding hydrogens is 308 g/mol. The highest BCUT2D eigenvalue weighted by Gasteiger charge is 2.16. The summed E-state index contributed by atoms with van der Waals surface area (Å²) in [5.74, 6) is -1.25.